The van der Waals surface area contributed by atoms with E-state index >= 15 is 0 Å². The maximum Gasteiger partial charge on any atom is 0.222 e. The van der Waals surface area contributed by atoms with E-state index in [0.717, 1.165) is 36.7 Å². The molecule has 7 heteroatoms. The van der Waals surface area contributed by atoms with Gasteiger partial charge in [-0.3, -0.25) is 4.79 Å². The fourth-order valence-electron chi connectivity index (χ4n) is 3.80. The molecular formula is C25H34N4O3. The summed E-state index contributed by atoms with van der Waals surface area (Å²) >= 11 is 0. The first-order valence-electron chi connectivity index (χ1n) is 11.0. The molecule has 172 valence electrons. The monoisotopic (exact) mass is 438 g/mol. The van der Waals surface area contributed by atoms with Crippen molar-refractivity contribution in [3.63, 3.8) is 0 Å². The molecule has 0 radical (unpaired) electrons. The number of benzene rings is 2. The van der Waals surface area contributed by atoms with Crippen molar-refractivity contribution in [2.75, 3.05) is 41.4 Å². The second kappa shape index (κ2) is 11.4. The van der Waals surface area contributed by atoms with Gasteiger partial charge in [-0.05, 0) is 41.7 Å². The van der Waals surface area contributed by atoms with Crippen LogP contribution in [-0.4, -0.2) is 63.1 Å². The average molecular weight is 439 g/mol. The van der Waals surface area contributed by atoms with Crippen molar-refractivity contribution in [2.45, 2.75) is 32.4 Å². The Hall–Kier alpha value is -3.22. The number of fused-ring (bicyclic) bond motifs is 1. The molecule has 0 unspecified atom stereocenters. The second-order valence-corrected chi connectivity index (χ2v) is 8.09. The Bertz CT molecular complexity index is 928. The number of hydrogen-bond donors (Lipinski definition) is 1. The quantitative estimate of drug-likeness (QED) is 0.390. The number of carbonyl (C=O) groups excluding carboxylic acids is 1. The smallest absolute Gasteiger partial charge is 0.222 e. The van der Waals surface area contributed by atoms with Gasteiger partial charge in [0.15, 0.2) is 17.5 Å². The third-order valence-corrected chi connectivity index (χ3v) is 5.60. The van der Waals surface area contributed by atoms with Crippen molar-refractivity contribution < 1.29 is 14.3 Å². The molecule has 0 bridgehead atoms. The summed E-state index contributed by atoms with van der Waals surface area (Å²) in [7, 11) is 7.21. The number of methoxy groups -OCH3 is 2. The van der Waals surface area contributed by atoms with Crippen LogP contribution >= 0.6 is 0 Å². The number of carbonyl (C=O) groups is 1. The zero-order valence-corrected chi connectivity index (χ0v) is 19.6. The number of aliphatic imine (C=N–C) groups is 1. The Morgan fingerprint density at radius 2 is 1.78 bits per heavy atom. The Kier molecular flexibility index (Phi) is 8.36. The third kappa shape index (κ3) is 6.15. The maximum absolute atomic E-state index is 12.8. The van der Waals surface area contributed by atoms with Crippen LogP contribution in [0, 0.1) is 0 Å². The summed E-state index contributed by atoms with van der Waals surface area (Å²) in [6, 6.07) is 14.2. The van der Waals surface area contributed by atoms with E-state index in [9.17, 15) is 4.79 Å². The van der Waals surface area contributed by atoms with E-state index in [1.165, 1.54) is 11.1 Å². The highest BCUT2D eigenvalue weighted by molar-refractivity contribution is 5.79. The van der Waals surface area contributed by atoms with Gasteiger partial charge < -0.3 is 24.6 Å². The Morgan fingerprint density at radius 1 is 1.09 bits per heavy atom. The number of guanidine groups is 1. The van der Waals surface area contributed by atoms with Gasteiger partial charge in [-0.25, -0.2) is 4.99 Å². The lowest BCUT2D eigenvalue weighted by molar-refractivity contribution is -0.132. The van der Waals surface area contributed by atoms with Crippen LogP contribution in [0.5, 0.6) is 11.5 Å². The van der Waals surface area contributed by atoms with Crippen LogP contribution in [-0.2, 0) is 24.3 Å². The molecule has 2 aromatic carbocycles. The van der Waals surface area contributed by atoms with Crippen molar-refractivity contribution >= 4 is 11.9 Å². The lowest BCUT2D eigenvalue weighted by Crippen LogP contribution is -2.38. The number of nitrogens with zero attached hydrogens (tertiary/aromatic N) is 3. The van der Waals surface area contributed by atoms with Gasteiger partial charge in [0, 0.05) is 40.2 Å². The van der Waals surface area contributed by atoms with Crippen molar-refractivity contribution in [3.05, 3.63) is 59.2 Å². The third-order valence-electron chi connectivity index (χ3n) is 5.60. The summed E-state index contributed by atoms with van der Waals surface area (Å²) < 4.78 is 10.8. The molecule has 0 spiro atoms. The molecule has 0 aliphatic carbocycles. The van der Waals surface area contributed by atoms with E-state index in [0.29, 0.717) is 31.8 Å². The molecule has 0 saturated carbocycles. The minimum absolute atomic E-state index is 0.180. The zero-order chi connectivity index (χ0) is 22.9. The predicted octanol–water partition coefficient (Wildman–Crippen LogP) is 3.08. The lowest BCUT2D eigenvalue weighted by Gasteiger charge is -2.30. The fourth-order valence-corrected chi connectivity index (χ4v) is 3.80. The highest BCUT2D eigenvalue weighted by Crippen LogP contribution is 2.33. The van der Waals surface area contributed by atoms with Gasteiger partial charge in [0.25, 0.3) is 0 Å². The molecule has 1 aliphatic rings. The molecule has 1 amide bonds. The average Bonchev–Trinajstić information content (AvgIpc) is 2.82. The summed E-state index contributed by atoms with van der Waals surface area (Å²) in [4.78, 5) is 21.3. The van der Waals surface area contributed by atoms with Crippen LogP contribution in [0.1, 0.15) is 29.5 Å². The first kappa shape index (κ1) is 23.4. The van der Waals surface area contributed by atoms with Crippen LogP contribution < -0.4 is 14.8 Å². The van der Waals surface area contributed by atoms with Gasteiger partial charge in [0.2, 0.25) is 5.91 Å². The first-order valence-corrected chi connectivity index (χ1v) is 11.0. The summed E-state index contributed by atoms with van der Waals surface area (Å²) in [6.07, 6.45) is 2.10. The predicted molar refractivity (Wildman–Crippen MR) is 127 cm³/mol. The number of ether oxygens (including phenoxy) is 2. The van der Waals surface area contributed by atoms with Crippen LogP contribution in [0.3, 0.4) is 0 Å². The van der Waals surface area contributed by atoms with E-state index in [-0.39, 0.29) is 5.91 Å². The molecule has 7 nitrogen and oxygen atoms in total. The lowest BCUT2D eigenvalue weighted by atomic mass is 9.98. The number of nitrogens with one attached hydrogen (secondary N) is 1. The van der Waals surface area contributed by atoms with Crippen molar-refractivity contribution in [2.24, 2.45) is 4.99 Å². The minimum atomic E-state index is 0.180. The highest BCUT2D eigenvalue weighted by atomic mass is 16.5. The number of hydrogen-bond acceptors (Lipinski definition) is 4. The standard InChI is InChI=1S/C25H34N4O3/c1-28(2)25(27-17-19-9-6-5-7-10-19)26-13-8-11-24(30)29-14-12-20-15-22(31-3)23(32-4)16-21(20)18-29/h5-7,9-10,15-16H,8,11-14,17-18H2,1-4H3,(H,26,27). The maximum atomic E-state index is 12.8. The van der Waals surface area contributed by atoms with Crippen molar-refractivity contribution in [3.8, 4) is 11.5 Å². The molecule has 0 saturated heterocycles. The van der Waals surface area contributed by atoms with Gasteiger partial charge in [-0.1, -0.05) is 30.3 Å². The molecule has 1 N–H and O–H groups in total. The largest absolute Gasteiger partial charge is 0.493 e. The van der Waals surface area contributed by atoms with Crippen LogP contribution in [0.4, 0.5) is 0 Å². The van der Waals surface area contributed by atoms with E-state index in [1.807, 2.05) is 54.2 Å². The number of rotatable bonds is 8. The molecule has 2 aromatic rings. The summed E-state index contributed by atoms with van der Waals surface area (Å²) in [5.41, 5.74) is 3.52. The van der Waals surface area contributed by atoms with E-state index < -0.39 is 0 Å². The minimum Gasteiger partial charge on any atom is -0.493 e. The highest BCUT2D eigenvalue weighted by Gasteiger charge is 2.22. The second-order valence-electron chi connectivity index (χ2n) is 8.09. The van der Waals surface area contributed by atoms with E-state index in [1.54, 1.807) is 14.2 Å². The van der Waals surface area contributed by atoms with Crippen molar-refractivity contribution in [1.29, 1.82) is 0 Å². The Morgan fingerprint density at radius 3 is 2.44 bits per heavy atom. The van der Waals surface area contributed by atoms with E-state index in [4.69, 9.17) is 9.47 Å². The van der Waals surface area contributed by atoms with Gasteiger partial charge in [-0.2, -0.15) is 0 Å². The van der Waals surface area contributed by atoms with Gasteiger partial charge in [-0.15, -0.1) is 0 Å². The molecular weight excluding hydrogens is 404 g/mol. The van der Waals surface area contributed by atoms with Crippen LogP contribution in [0.2, 0.25) is 0 Å². The summed E-state index contributed by atoms with van der Waals surface area (Å²) in [5.74, 6) is 2.45. The van der Waals surface area contributed by atoms with Gasteiger partial charge in [0.05, 0.1) is 20.8 Å². The van der Waals surface area contributed by atoms with E-state index in [2.05, 4.69) is 22.4 Å². The molecule has 3 rings (SSSR count). The normalized spacial score (nSPS) is 13.4. The van der Waals surface area contributed by atoms with Gasteiger partial charge in [0.1, 0.15) is 0 Å². The Balaban J connectivity index is 1.48. The SMILES string of the molecule is COc1cc2c(cc1OC)CN(C(=O)CCCNC(=NCc1ccccc1)N(C)C)CC2. The van der Waals surface area contributed by atoms with Crippen molar-refractivity contribution in [1.82, 2.24) is 15.1 Å². The molecule has 1 heterocycles. The van der Waals surface area contributed by atoms with Crippen LogP contribution in [0.25, 0.3) is 0 Å². The molecule has 0 fully saturated rings. The summed E-state index contributed by atoms with van der Waals surface area (Å²) in [6.45, 7) is 2.67. The molecule has 0 aromatic heterocycles. The number of amides is 1. The Labute approximate surface area is 191 Å². The zero-order valence-electron chi connectivity index (χ0n) is 19.6. The molecule has 32 heavy (non-hydrogen) atoms. The summed E-state index contributed by atoms with van der Waals surface area (Å²) in [5, 5.41) is 3.37. The van der Waals surface area contributed by atoms with Crippen LogP contribution in [0.15, 0.2) is 47.5 Å². The van der Waals surface area contributed by atoms with Gasteiger partial charge >= 0.3 is 0 Å². The molecule has 1 aliphatic heterocycles. The topological polar surface area (TPSA) is 66.4 Å². The first-order chi connectivity index (χ1) is 15.5. The fraction of sp³-hybridized carbons (Fsp3) is 0.440. The molecule has 0 atom stereocenters.